The zero-order chi connectivity index (χ0) is 16.1. The van der Waals surface area contributed by atoms with Crippen LogP contribution in [-0.4, -0.2) is 21.4 Å². The highest BCUT2D eigenvalue weighted by atomic mass is 16.5. The maximum Gasteiger partial charge on any atom is 0.250 e. The van der Waals surface area contributed by atoms with Gasteiger partial charge in [-0.3, -0.25) is 4.79 Å². The van der Waals surface area contributed by atoms with E-state index in [-0.39, 0.29) is 12.2 Å². The van der Waals surface area contributed by atoms with Crippen LogP contribution in [0, 0.1) is 11.3 Å². The Labute approximate surface area is 131 Å². The van der Waals surface area contributed by atoms with E-state index in [1.54, 1.807) is 36.5 Å². The zero-order valence-corrected chi connectivity index (χ0v) is 12.0. The molecule has 1 aromatic carbocycles. The second kappa shape index (κ2) is 6.58. The Morgan fingerprint density at radius 2 is 2.13 bits per heavy atom. The molecule has 7 heteroatoms. The number of ether oxygens (including phenoxy) is 1. The molecule has 2 heterocycles. The molecule has 0 aliphatic carbocycles. The number of para-hydroxylation sites is 1. The molecule has 7 nitrogen and oxygen atoms in total. The highest BCUT2D eigenvalue weighted by Gasteiger charge is 2.07. The van der Waals surface area contributed by atoms with Crippen LogP contribution in [0.4, 0.5) is 0 Å². The average molecular weight is 308 g/mol. The fourth-order valence-electron chi connectivity index (χ4n) is 2.07. The van der Waals surface area contributed by atoms with Crippen molar-refractivity contribution in [1.82, 2.24) is 14.8 Å². The van der Waals surface area contributed by atoms with Gasteiger partial charge in [-0.1, -0.05) is 12.1 Å². The lowest BCUT2D eigenvalue weighted by molar-refractivity contribution is 0.295. The lowest BCUT2D eigenvalue weighted by Crippen LogP contribution is -2.22. The molecule has 0 fully saturated rings. The zero-order valence-electron chi connectivity index (χ0n) is 12.0. The molecule has 2 aromatic heterocycles. The molecule has 3 aromatic rings. The van der Waals surface area contributed by atoms with Gasteiger partial charge in [0.25, 0.3) is 5.56 Å². The highest BCUT2D eigenvalue weighted by molar-refractivity contribution is 5.50. The minimum Gasteiger partial charge on any atom is -0.490 e. The topological polar surface area (TPSA) is 93.9 Å². The van der Waals surface area contributed by atoms with Crippen molar-refractivity contribution in [2.75, 3.05) is 6.61 Å². The summed E-state index contributed by atoms with van der Waals surface area (Å²) in [5.41, 5.74) is 0.949. The summed E-state index contributed by atoms with van der Waals surface area (Å²) >= 11 is 0. The largest absolute Gasteiger partial charge is 0.490 e. The first kappa shape index (κ1) is 14.5. The molecule has 3 rings (SSSR count). The second-order valence-corrected chi connectivity index (χ2v) is 4.65. The third-order valence-corrected chi connectivity index (χ3v) is 3.19. The van der Waals surface area contributed by atoms with Crippen LogP contribution in [0.2, 0.25) is 0 Å². The number of hydrogen-bond donors (Lipinski definition) is 0. The molecule has 114 valence electrons. The fourth-order valence-corrected chi connectivity index (χ4v) is 2.07. The summed E-state index contributed by atoms with van der Waals surface area (Å²) in [5.74, 6) is 0.839. The Balaban J connectivity index is 1.72. The molecule has 0 unspecified atom stereocenters. The van der Waals surface area contributed by atoms with Crippen molar-refractivity contribution in [2.45, 2.75) is 6.54 Å². The summed E-state index contributed by atoms with van der Waals surface area (Å²) in [4.78, 5) is 11.9. The van der Waals surface area contributed by atoms with E-state index in [9.17, 15) is 4.79 Å². The molecule has 0 N–H and O–H groups in total. The number of nitrogens with zero attached hydrogens (tertiary/aromatic N) is 4. The van der Waals surface area contributed by atoms with Crippen molar-refractivity contribution in [3.8, 4) is 23.3 Å². The molecule has 0 aliphatic rings. The van der Waals surface area contributed by atoms with Gasteiger partial charge < -0.3 is 13.7 Å². The summed E-state index contributed by atoms with van der Waals surface area (Å²) in [5, 5.41) is 16.4. The first-order valence-corrected chi connectivity index (χ1v) is 6.87. The normalized spacial score (nSPS) is 10.2. The molecule has 0 radical (unpaired) electrons. The fraction of sp³-hybridized carbons (Fsp3) is 0.125. The van der Waals surface area contributed by atoms with Gasteiger partial charge in [-0.15, -0.1) is 10.2 Å². The van der Waals surface area contributed by atoms with Gasteiger partial charge >= 0.3 is 0 Å². The third-order valence-electron chi connectivity index (χ3n) is 3.19. The van der Waals surface area contributed by atoms with E-state index in [1.165, 1.54) is 17.0 Å². The second-order valence-electron chi connectivity index (χ2n) is 4.65. The first-order chi connectivity index (χ1) is 11.3. The van der Waals surface area contributed by atoms with Gasteiger partial charge in [-0.25, -0.2) is 0 Å². The SMILES string of the molecule is N#Cc1ccccc1OCCn1cc(-c2nnco2)ccc1=O. The minimum atomic E-state index is -0.162. The standard InChI is InChI=1S/C16H12N4O3/c17-9-12-3-1-2-4-14(12)22-8-7-20-10-13(5-6-15(20)21)16-19-18-11-23-16/h1-6,10-11H,7-8H2. The van der Waals surface area contributed by atoms with E-state index in [1.807, 2.05) is 0 Å². The van der Waals surface area contributed by atoms with E-state index < -0.39 is 0 Å². The molecular weight excluding hydrogens is 296 g/mol. The van der Waals surface area contributed by atoms with Gasteiger partial charge in [0.1, 0.15) is 18.4 Å². The summed E-state index contributed by atoms with van der Waals surface area (Å²) < 4.78 is 12.2. The van der Waals surface area contributed by atoms with E-state index in [4.69, 9.17) is 14.4 Å². The Bertz CT molecular complexity index is 894. The van der Waals surface area contributed by atoms with Crippen molar-refractivity contribution < 1.29 is 9.15 Å². The number of benzene rings is 1. The molecule has 0 saturated carbocycles. The van der Waals surface area contributed by atoms with Crippen LogP contribution in [0.25, 0.3) is 11.5 Å². The maximum atomic E-state index is 11.9. The molecule has 0 atom stereocenters. The van der Waals surface area contributed by atoms with Crippen molar-refractivity contribution >= 4 is 0 Å². The molecule has 0 bridgehead atoms. The first-order valence-electron chi connectivity index (χ1n) is 6.87. The number of aromatic nitrogens is 3. The van der Waals surface area contributed by atoms with E-state index in [2.05, 4.69) is 16.3 Å². The summed E-state index contributed by atoms with van der Waals surface area (Å²) in [7, 11) is 0. The number of nitriles is 1. The molecular formula is C16H12N4O3. The smallest absolute Gasteiger partial charge is 0.250 e. The van der Waals surface area contributed by atoms with Gasteiger partial charge in [0.05, 0.1) is 17.7 Å². The van der Waals surface area contributed by atoms with Crippen molar-refractivity contribution in [3.05, 3.63) is 64.9 Å². The number of rotatable bonds is 5. The number of hydrogen-bond acceptors (Lipinski definition) is 6. The Morgan fingerprint density at radius 3 is 2.91 bits per heavy atom. The Morgan fingerprint density at radius 1 is 1.26 bits per heavy atom. The molecule has 0 aliphatic heterocycles. The molecule has 0 spiro atoms. The molecule has 0 saturated heterocycles. The predicted octanol–water partition coefficient (Wildman–Crippen LogP) is 1.85. The van der Waals surface area contributed by atoms with Crippen LogP contribution in [0.3, 0.4) is 0 Å². The monoisotopic (exact) mass is 308 g/mol. The van der Waals surface area contributed by atoms with Crippen LogP contribution in [-0.2, 0) is 6.54 Å². The lowest BCUT2D eigenvalue weighted by atomic mass is 10.2. The van der Waals surface area contributed by atoms with Gasteiger partial charge in [0, 0.05) is 12.3 Å². The highest BCUT2D eigenvalue weighted by Crippen LogP contribution is 2.17. The molecule has 23 heavy (non-hydrogen) atoms. The van der Waals surface area contributed by atoms with Crippen molar-refractivity contribution in [3.63, 3.8) is 0 Å². The van der Waals surface area contributed by atoms with Crippen molar-refractivity contribution in [2.24, 2.45) is 0 Å². The van der Waals surface area contributed by atoms with Gasteiger partial charge in [-0.2, -0.15) is 5.26 Å². The van der Waals surface area contributed by atoms with Crippen LogP contribution in [0.15, 0.2) is 58.2 Å². The average Bonchev–Trinajstić information content (AvgIpc) is 3.11. The Hall–Kier alpha value is -3.40. The maximum absolute atomic E-state index is 11.9. The predicted molar refractivity (Wildman–Crippen MR) is 80.6 cm³/mol. The summed E-state index contributed by atoms with van der Waals surface area (Å²) in [6.45, 7) is 0.590. The van der Waals surface area contributed by atoms with Gasteiger partial charge in [0.15, 0.2) is 0 Å². The summed E-state index contributed by atoms with van der Waals surface area (Å²) in [6.07, 6.45) is 2.86. The Kier molecular flexibility index (Phi) is 4.16. The molecule has 0 amide bonds. The van der Waals surface area contributed by atoms with Gasteiger partial charge in [0.2, 0.25) is 12.3 Å². The van der Waals surface area contributed by atoms with Crippen molar-refractivity contribution in [1.29, 1.82) is 5.26 Å². The van der Waals surface area contributed by atoms with Crippen LogP contribution < -0.4 is 10.3 Å². The number of pyridine rings is 1. The third kappa shape index (κ3) is 3.27. The van der Waals surface area contributed by atoms with Gasteiger partial charge in [-0.05, 0) is 18.2 Å². The quantitative estimate of drug-likeness (QED) is 0.714. The lowest BCUT2D eigenvalue weighted by Gasteiger charge is -2.09. The van der Waals surface area contributed by atoms with Crippen LogP contribution in [0.1, 0.15) is 5.56 Å². The van der Waals surface area contributed by atoms with Crippen LogP contribution in [0.5, 0.6) is 5.75 Å². The summed E-state index contributed by atoms with van der Waals surface area (Å²) in [6, 6.07) is 12.1. The van der Waals surface area contributed by atoms with E-state index in [0.717, 1.165) is 0 Å². The van der Waals surface area contributed by atoms with Crippen LogP contribution >= 0.6 is 0 Å². The van der Waals surface area contributed by atoms with E-state index >= 15 is 0 Å². The van der Waals surface area contributed by atoms with E-state index in [0.29, 0.717) is 29.3 Å². The minimum absolute atomic E-state index is 0.162.